The number of aryl methyl sites for hydroxylation is 1. The van der Waals surface area contributed by atoms with Crippen molar-refractivity contribution in [3.05, 3.63) is 58.4 Å². The van der Waals surface area contributed by atoms with Gasteiger partial charge in [0.05, 0.1) is 0 Å². The summed E-state index contributed by atoms with van der Waals surface area (Å²) in [5, 5.41) is 0.676. The Morgan fingerprint density at radius 2 is 1.78 bits per heavy atom. The van der Waals surface area contributed by atoms with E-state index >= 15 is 0 Å². The smallest absolute Gasteiger partial charge is 0.126 e. The molecule has 0 fully saturated rings. The van der Waals surface area contributed by atoms with Crippen LogP contribution in [0.2, 0.25) is 5.02 Å². The summed E-state index contributed by atoms with van der Waals surface area (Å²) >= 11 is 6.05. The second-order valence-electron chi connectivity index (χ2n) is 4.85. The van der Waals surface area contributed by atoms with E-state index in [1.807, 2.05) is 24.3 Å². The van der Waals surface area contributed by atoms with Crippen LogP contribution in [0.25, 0.3) is 11.1 Å². The van der Waals surface area contributed by atoms with E-state index in [-0.39, 0.29) is 5.82 Å². The predicted octanol–water partition coefficient (Wildman–Crippen LogP) is 5.58. The summed E-state index contributed by atoms with van der Waals surface area (Å²) in [6.45, 7) is 6.01. The second-order valence-corrected chi connectivity index (χ2v) is 5.29. The highest BCUT2D eigenvalue weighted by atomic mass is 35.5. The van der Waals surface area contributed by atoms with Gasteiger partial charge in [0.2, 0.25) is 0 Å². The monoisotopic (exact) mass is 262 g/mol. The third kappa shape index (κ3) is 2.56. The van der Waals surface area contributed by atoms with Gasteiger partial charge in [0.1, 0.15) is 5.82 Å². The molecule has 0 spiro atoms. The fraction of sp³-hybridized carbons (Fsp3) is 0.250. The van der Waals surface area contributed by atoms with Gasteiger partial charge in [0.15, 0.2) is 0 Å². The van der Waals surface area contributed by atoms with Crippen molar-refractivity contribution in [2.45, 2.75) is 26.7 Å². The zero-order valence-electron chi connectivity index (χ0n) is 10.8. The van der Waals surface area contributed by atoms with Gasteiger partial charge in [-0.2, -0.15) is 0 Å². The molecule has 0 radical (unpaired) electrons. The molecule has 0 amide bonds. The Morgan fingerprint density at radius 3 is 2.39 bits per heavy atom. The molecule has 0 saturated carbocycles. The third-order valence-electron chi connectivity index (χ3n) is 3.12. The van der Waals surface area contributed by atoms with Gasteiger partial charge in [-0.25, -0.2) is 4.39 Å². The Balaban J connectivity index is 2.61. The van der Waals surface area contributed by atoms with Crippen molar-refractivity contribution < 1.29 is 4.39 Å². The molecule has 18 heavy (non-hydrogen) atoms. The van der Waals surface area contributed by atoms with Gasteiger partial charge in [-0.3, -0.25) is 0 Å². The minimum atomic E-state index is -0.179. The van der Waals surface area contributed by atoms with E-state index in [4.69, 9.17) is 11.6 Å². The summed E-state index contributed by atoms with van der Waals surface area (Å²) in [6, 6.07) is 11.1. The molecule has 0 atom stereocenters. The predicted molar refractivity (Wildman–Crippen MR) is 75.7 cm³/mol. The molecular weight excluding hydrogens is 247 g/mol. The van der Waals surface area contributed by atoms with Gasteiger partial charge < -0.3 is 0 Å². The van der Waals surface area contributed by atoms with Crippen molar-refractivity contribution in [2.24, 2.45) is 0 Å². The van der Waals surface area contributed by atoms with Crippen LogP contribution in [0.4, 0.5) is 4.39 Å². The molecular formula is C16H16ClF. The van der Waals surface area contributed by atoms with Gasteiger partial charge in [-0.1, -0.05) is 43.6 Å². The molecule has 0 aliphatic carbocycles. The van der Waals surface area contributed by atoms with E-state index in [0.29, 0.717) is 16.5 Å². The summed E-state index contributed by atoms with van der Waals surface area (Å²) in [4.78, 5) is 0. The highest BCUT2D eigenvalue weighted by Gasteiger charge is 2.10. The molecule has 2 rings (SSSR count). The van der Waals surface area contributed by atoms with Crippen molar-refractivity contribution >= 4 is 11.6 Å². The fourth-order valence-corrected chi connectivity index (χ4v) is 2.21. The molecule has 0 nitrogen and oxygen atoms in total. The summed E-state index contributed by atoms with van der Waals surface area (Å²) in [5.74, 6) is 0.198. The van der Waals surface area contributed by atoms with Gasteiger partial charge in [-0.15, -0.1) is 0 Å². The Morgan fingerprint density at radius 1 is 1.06 bits per heavy atom. The Labute approximate surface area is 112 Å². The van der Waals surface area contributed by atoms with Crippen molar-refractivity contribution in [2.75, 3.05) is 0 Å². The zero-order chi connectivity index (χ0) is 13.3. The Bertz CT molecular complexity index is 573. The van der Waals surface area contributed by atoms with Gasteiger partial charge in [-0.05, 0) is 53.3 Å². The van der Waals surface area contributed by atoms with E-state index in [2.05, 4.69) is 13.8 Å². The molecule has 0 heterocycles. The first-order valence-corrected chi connectivity index (χ1v) is 6.43. The summed E-state index contributed by atoms with van der Waals surface area (Å²) in [6.07, 6.45) is 0. The minimum absolute atomic E-state index is 0.179. The summed E-state index contributed by atoms with van der Waals surface area (Å²) in [5.41, 5.74) is 3.73. The molecule has 0 aliphatic heterocycles. The standard InChI is InChI=1S/C16H16ClF/c1-10(2)14-7-6-13(17)9-15(14)12-5-4-11(3)16(18)8-12/h4-10H,1-3H3. The quantitative estimate of drug-likeness (QED) is 0.663. The number of benzene rings is 2. The first kappa shape index (κ1) is 13.1. The molecule has 94 valence electrons. The molecule has 0 unspecified atom stereocenters. The highest BCUT2D eigenvalue weighted by molar-refractivity contribution is 6.30. The SMILES string of the molecule is Cc1ccc(-c2cc(Cl)ccc2C(C)C)cc1F. The van der Waals surface area contributed by atoms with Crippen LogP contribution in [-0.2, 0) is 0 Å². The number of hydrogen-bond donors (Lipinski definition) is 0. The number of hydrogen-bond acceptors (Lipinski definition) is 0. The molecule has 2 heteroatoms. The van der Waals surface area contributed by atoms with Crippen molar-refractivity contribution in [1.82, 2.24) is 0 Å². The van der Waals surface area contributed by atoms with Crippen molar-refractivity contribution in [3.8, 4) is 11.1 Å². The van der Waals surface area contributed by atoms with Crippen LogP contribution in [0, 0.1) is 12.7 Å². The van der Waals surface area contributed by atoms with E-state index in [1.54, 1.807) is 19.1 Å². The van der Waals surface area contributed by atoms with Gasteiger partial charge in [0, 0.05) is 5.02 Å². The topological polar surface area (TPSA) is 0 Å². The highest BCUT2D eigenvalue weighted by Crippen LogP contribution is 2.32. The average Bonchev–Trinajstić information content (AvgIpc) is 2.32. The van der Waals surface area contributed by atoms with Crippen LogP contribution in [0.3, 0.4) is 0 Å². The lowest BCUT2D eigenvalue weighted by atomic mass is 9.92. The Kier molecular flexibility index (Phi) is 3.72. The van der Waals surface area contributed by atoms with Crippen LogP contribution in [-0.4, -0.2) is 0 Å². The molecule has 0 saturated heterocycles. The number of rotatable bonds is 2. The average molecular weight is 263 g/mol. The lowest BCUT2D eigenvalue weighted by Gasteiger charge is -2.14. The second kappa shape index (κ2) is 5.11. The zero-order valence-corrected chi connectivity index (χ0v) is 11.6. The minimum Gasteiger partial charge on any atom is -0.207 e. The maximum absolute atomic E-state index is 13.7. The molecule has 0 N–H and O–H groups in total. The molecule has 0 aliphatic rings. The fourth-order valence-electron chi connectivity index (χ4n) is 2.04. The van der Waals surface area contributed by atoms with Crippen LogP contribution in [0.1, 0.15) is 30.9 Å². The van der Waals surface area contributed by atoms with Crippen LogP contribution in [0.5, 0.6) is 0 Å². The van der Waals surface area contributed by atoms with Crippen LogP contribution < -0.4 is 0 Å². The van der Waals surface area contributed by atoms with E-state index < -0.39 is 0 Å². The van der Waals surface area contributed by atoms with Crippen LogP contribution >= 0.6 is 11.6 Å². The van der Waals surface area contributed by atoms with Crippen molar-refractivity contribution in [1.29, 1.82) is 0 Å². The van der Waals surface area contributed by atoms with E-state index in [9.17, 15) is 4.39 Å². The molecule has 2 aromatic carbocycles. The first-order valence-electron chi connectivity index (χ1n) is 6.05. The maximum Gasteiger partial charge on any atom is 0.126 e. The van der Waals surface area contributed by atoms with Crippen LogP contribution in [0.15, 0.2) is 36.4 Å². The summed E-state index contributed by atoms with van der Waals surface area (Å²) < 4.78 is 13.7. The van der Waals surface area contributed by atoms with E-state index in [1.165, 1.54) is 5.56 Å². The summed E-state index contributed by atoms with van der Waals surface area (Å²) in [7, 11) is 0. The molecule has 0 bridgehead atoms. The lowest BCUT2D eigenvalue weighted by molar-refractivity contribution is 0.619. The lowest BCUT2D eigenvalue weighted by Crippen LogP contribution is -1.93. The number of halogens is 2. The van der Waals surface area contributed by atoms with E-state index in [0.717, 1.165) is 11.1 Å². The maximum atomic E-state index is 13.7. The van der Waals surface area contributed by atoms with Gasteiger partial charge >= 0.3 is 0 Å². The largest absolute Gasteiger partial charge is 0.207 e. The molecule has 2 aromatic rings. The Hall–Kier alpha value is -1.34. The molecule has 0 aromatic heterocycles. The third-order valence-corrected chi connectivity index (χ3v) is 3.36. The van der Waals surface area contributed by atoms with Gasteiger partial charge in [0.25, 0.3) is 0 Å². The first-order chi connectivity index (χ1) is 8.49. The van der Waals surface area contributed by atoms with Crippen molar-refractivity contribution in [3.63, 3.8) is 0 Å². The normalized spacial score (nSPS) is 11.0.